The molecule has 10 heteroatoms. The van der Waals surface area contributed by atoms with Gasteiger partial charge in [-0.1, -0.05) is 25.4 Å². The number of anilines is 1. The Morgan fingerprint density at radius 2 is 1.95 bits per heavy atom. The topological polar surface area (TPSA) is 103 Å². The van der Waals surface area contributed by atoms with Crippen LogP contribution in [0, 0.1) is 17.3 Å². The second kappa shape index (κ2) is 9.63. The largest absolute Gasteiger partial charge is 0.395 e. The molecule has 0 radical (unpaired) electrons. The number of rotatable bonds is 9. The zero-order chi connectivity index (χ0) is 26.6. The van der Waals surface area contributed by atoms with E-state index in [-0.39, 0.29) is 42.2 Å². The molecule has 2 fully saturated rings. The van der Waals surface area contributed by atoms with Gasteiger partial charge in [-0.2, -0.15) is 5.10 Å². The van der Waals surface area contributed by atoms with Gasteiger partial charge in [-0.05, 0) is 60.5 Å². The van der Waals surface area contributed by atoms with Gasteiger partial charge < -0.3 is 15.3 Å². The number of aliphatic hydroxyl groups is 1. The van der Waals surface area contributed by atoms with Gasteiger partial charge in [0, 0.05) is 42.1 Å². The number of aryl methyl sites for hydroxylation is 1. The lowest BCUT2D eigenvalue weighted by atomic mass is 9.95. The number of nitrogens with one attached hydrogen (secondary N) is 1. The van der Waals surface area contributed by atoms with Crippen molar-refractivity contribution in [3.63, 3.8) is 0 Å². The first-order valence-corrected chi connectivity index (χ1v) is 13.8. The molecule has 3 aliphatic rings. The Morgan fingerprint density at radius 1 is 1.16 bits per heavy atom. The molecule has 2 aromatic heterocycles. The van der Waals surface area contributed by atoms with E-state index < -0.39 is 0 Å². The number of hydrogen-bond acceptors (Lipinski definition) is 7. The number of hydrogen-bond donors (Lipinski definition) is 2. The van der Waals surface area contributed by atoms with Crippen LogP contribution in [0.15, 0.2) is 30.7 Å². The molecule has 1 saturated carbocycles. The second-order valence-electron chi connectivity index (χ2n) is 11.2. The molecule has 3 aromatic rings. The molecular weight excluding hydrogens is 504 g/mol. The summed E-state index contributed by atoms with van der Waals surface area (Å²) in [4.78, 5) is 34.3. The van der Waals surface area contributed by atoms with Crippen LogP contribution in [-0.4, -0.2) is 69.2 Å². The lowest BCUT2D eigenvalue weighted by Crippen LogP contribution is -2.35. The lowest BCUT2D eigenvalue weighted by molar-refractivity contribution is -0.143. The number of nitrogens with zero attached hydrogens (tertiary/aromatic N) is 5. The highest BCUT2D eigenvalue weighted by atomic mass is 35.5. The molecule has 1 aliphatic carbocycles. The van der Waals surface area contributed by atoms with Gasteiger partial charge in [0.05, 0.1) is 36.2 Å². The Hall–Kier alpha value is -3.01. The van der Waals surface area contributed by atoms with Crippen LogP contribution in [0.1, 0.15) is 37.8 Å². The van der Waals surface area contributed by atoms with E-state index >= 15 is 0 Å². The monoisotopic (exact) mass is 536 g/mol. The number of halogens is 1. The highest BCUT2D eigenvalue weighted by Gasteiger charge is 2.72. The molecule has 1 aromatic carbocycles. The van der Waals surface area contributed by atoms with Gasteiger partial charge >= 0.3 is 0 Å². The Kier molecular flexibility index (Phi) is 6.40. The first-order chi connectivity index (χ1) is 18.3. The number of aromatic nitrogens is 3. The summed E-state index contributed by atoms with van der Waals surface area (Å²) in [6.45, 7) is 7.62. The Labute approximate surface area is 226 Å². The van der Waals surface area contributed by atoms with E-state index in [4.69, 9.17) is 16.7 Å². The van der Waals surface area contributed by atoms with Crippen molar-refractivity contribution < 1.29 is 14.7 Å². The van der Waals surface area contributed by atoms with Gasteiger partial charge in [-0.3, -0.25) is 14.5 Å². The summed E-state index contributed by atoms with van der Waals surface area (Å²) in [5.41, 5.74) is 5.53. The minimum atomic E-state index is -0.221. The van der Waals surface area contributed by atoms with Crippen molar-refractivity contribution in [1.29, 1.82) is 0 Å². The molecular formula is C28H33ClN6O3. The first kappa shape index (κ1) is 25.3. The van der Waals surface area contributed by atoms with Crippen molar-refractivity contribution in [2.24, 2.45) is 17.3 Å². The predicted molar refractivity (Wildman–Crippen MR) is 145 cm³/mol. The molecule has 2 N–H and O–H groups in total. The van der Waals surface area contributed by atoms with Crippen LogP contribution in [0.5, 0.6) is 0 Å². The predicted octanol–water partition coefficient (Wildman–Crippen LogP) is 2.92. The summed E-state index contributed by atoms with van der Waals surface area (Å²) < 4.78 is 1.77. The highest BCUT2D eigenvalue weighted by Crippen LogP contribution is 2.63. The fourth-order valence-corrected chi connectivity index (χ4v) is 6.66. The average molecular weight is 537 g/mol. The third-order valence-corrected chi connectivity index (χ3v) is 8.58. The van der Waals surface area contributed by atoms with Crippen molar-refractivity contribution in [1.82, 2.24) is 24.8 Å². The maximum atomic E-state index is 12.9. The van der Waals surface area contributed by atoms with E-state index in [1.807, 2.05) is 32.2 Å². The maximum Gasteiger partial charge on any atom is 0.233 e. The molecule has 6 rings (SSSR count). The molecule has 2 atom stereocenters. The molecule has 9 nitrogen and oxygen atoms in total. The fraction of sp³-hybridized carbons (Fsp3) is 0.500. The Balaban J connectivity index is 1.32. The number of benzene rings is 1. The Morgan fingerprint density at radius 3 is 2.71 bits per heavy atom. The van der Waals surface area contributed by atoms with E-state index in [0.29, 0.717) is 11.6 Å². The first-order valence-electron chi connectivity index (χ1n) is 13.4. The van der Waals surface area contributed by atoms with Crippen molar-refractivity contribution in [2.45, 2.75) is 39.7 Å². The van der Waals surface area contributed by atoms with E-state index in [2.05, 4.69) is 26.4 Å². The van der Waals surface area contributed by atoms with Gasteiger partial charge in [-0.25, -0.2) is 9.50 Å². The average Bonchev–Trinajstić information content (AvgIpc) is 3.13. The number of imide groups is 1. The van der Waals surface area contributed by atoms with Crippen LogP contribution in [-0.2, 0) is 22.6 Å². The number of aliphatic hydroxyl groups excluding tert-OH is 1. The van der Waals surface area contributed by atoms with Gasteiger partial charge in [0.25, 0.3) is 0 Å². The lowest BCUT2D eigenvalue weighted by Gasteiger charge is -2.33. The van der Waals surface area contributed by atoms with Crippen molar-refractivity contribution in [3.05, 3.63) is 46.9 Å². The zero-order valence-corrected chi connectivity index (χ0v) is 22.5. The van der Waals surface area contributed by atoms with E-state index in [1.54, 1.807) is 4.52 Å². The van der Waals surface area contributed by atoms with Crippen LogP contribution in [0.2, 0.25) is 5.02 Å². The molecule has 0 spiro atoms. The molecule has 0 bridgehead atoms. The highest BCUT2D eigenvalue weighted by molar-refractivity contribution is 6.31. The maximum absolute atomic E-state index is 12.9. The standard InChI is InChI=1S/C28H33ClN6O3/c1-28(2)22-23(28)27(38)34(26(22)37)14-17-11-21-24(31-16-32-35(21)15-17)20-13-19(29)12-18-5-3-8-33(25(18)20)9-4-6-30-7-10-36/h11-13,15-16,22-23,30,36H,3-10,14H2,1-2H3. The summed E-state index contributed by atoms with van der Waals surface area (Å²) in [7, 11) is 0. The molecule has 1 saturated heterocycles. The SMILES string of the molecule is CC1(C)C2C(=O)N(Cc3cc4c(-c5cc(Cl)cc6c5N(CCCNCCO)CCC6)ncnn4c3)C(=O)C21. The normalized spacial score (nSPS) is 21.8. The molecule has 2 amide bonds. The van der Waals surface area contributed by atoms with Crippen LogP contribution in [0.4, 0.5) is 5.69 Å². The van der Waals surface area contributed by atoms with Crippen LogP contribution in [0.25, 0.3) is 16.8 Å². The van der Waals surface area contributed by atoms with Crippen molar-refractivity contribution in [3.8, 4) is 11.3 Å². The number of carbonyl (C=O) groups excluding carboxylic acids is 2. The number of fused-ring (bicyclic) bond motifs is 3. The second-order valence-corrected chi connectivity index (χ2v) is 11.6. The summed E-state index contributed by atoms with van der Waals surface area (Å²) in [5, 5.41) is 17.4. The third kappa shape index (κ3) is 4.17. The number of carbonyl (C=O) groups is 2. The van der Waals surface area contributed by atoms with Gasteiger partial charge in [0.2, 0.25) is 11.8 Å². The number of likely N-dealkylation sites (tertiary alicyclic amines) is 1. The van der Waals surface area contributed by atoms with Gasteiger partial charge in [0.15, 0.2) is 0 Å². The third-order valence-electron chi connectivity index (χ3n) is 8.36. The molecule has 2 aliphatic heterocycles. The van der Waals surface area contributed by atoms with Crippen molar-refractivity contribution in [2.75, 3.05) is 37.7 Å². The van der Waals surface area contributed by atoms with E-state index in [1.165, 1.54) is 16.8 Å². The fourth-order valence-electron chi connectivity index (χ4n) is 6.41. The summed E-state index contributed by atoms with van der Waals surface area (Å²) >= 11 is 6.60. The molecule has 2 unspecified atom stereocenters. The molecule has 200 valence electrons. The van der Waals surface area contributed by atoms with Gasteiger partial charge in [0.1, 0.15) is 6.33 Å². The van der Waals surface area contributed by atoms with Crippen molar-refractivity contribution >= 4 is 34.6 Å². The summed E-state index contributed by atoms with van der Waals surface area (Å²) in [6, 6.07) is 6.00. The zero-order valence-electron chi connectivity index (χ0n) is 21.8. The molecule has 4 heterocycles. The quantitative estimate of drug-likeness (QED) is 0.320. The smallest absolute Gasteiger partial charge is 0.233 e. The number of amides is 2. The van der Waals surface area contributed by atoms with E-state index in [9.17, 15) is 9.59 Å². The van der Waals surface area contributed by atoms with Crippen LogP contribution < -0.4 is 10.2 Å². The van der Waals surface area contributed by atoms with Crippen LogP contribution >= 0.6 is 11.6 Å². The van der Waals surface area contributed by atoms with Gasteiger partial charge in [-0.15, -0.1) is 0 Å². The summed E-state index contributed by atoms with van der Waals surface area (Å²) in [6.07, 6.45) is 6.37. The number of piperidine rings is 1. The minimum Gasteiger partial charge on any atom is -0.395 e. The Bertz CT molecular complexity index is 1400. The van der Waals surface area contributed by atoms with E-state index in [0.717, 1.165) is 66.9 Å². The molecule has 38 heavy (non-hydrogen) atoms. The summed E-state index contributed by atoms with van der Waals surface area (Å²) in [5.74, 6) is -0.519. The minimum absolute atomic E-state index is 0.0698. The van der Waals surface area contributed by atoms with Crippen LogP contribution in [0.3, 0.4) is 0 Å².